The Bertz CT molecular complexity index is 1080. The van der Waals surface area contributed by atoms with E-state index in [-0.39, 0.29) is 24.3 Å². The van der Waals surface area contributed by atoms with Gasteiger partial charge in [-0.05, 0) is 31.2 Å². The second kappa shape index (κ2) is 7.08. The zero-order chi connectivity index (χ0) is 19.7. The normalized spacial score (nSPS) is 15.6. The quantitative estimate of drug-likeness (QED) is 0.685. The molecule has 1 aliphatic heterocycles. The van der Waals surface area contributed by atoms with Gasteiger partial charge in [-0.2, -0.15) is 0 Å². The smallest absolute Gasteiger partial charge is 0.322 e. The van der Waals surface area contributed by atoms with Gasteiger partial charge >= 0.3 is 6.03 Å². The Hall–Kier alpha value is -3.80. The van der Waals surface area contributed by atoms with E-state index in [0.29, 0.717) is 23.7 Å². The summed E-state index contributed by atoms with van der Waals surface area (Å²) in [7, 11) is 0. The lowest BCUT2D eigenvalue weighted by atomic mass is 10.00. The van der Waals surface area contributed by atoms with E-state index in [1.165, 1.54) is 12.1 Å². The molecular formula is C19H15FN6O2. The summed E-state index contributed by atoms with van der Waals surface area (Å²) in [6.07, 6.45) is 3.74. The van der Waals surface area contributed by atoms with E-state index in [1.54, 1.807) is 23.4 Å². The van der Waals surface area contributed by atoms with E-state index < -0.39 is 5.82 Å². The molecule has 1 N–H and O–H groups in total. The Morgan fingerprint density at radius 1 is 1.39 bits per heavy atom. The van der Waals surface area contributed by atoms with Gasteiger partial charge in [-0.15, -0.1) is 0 Å². The number of nitrogens with one attached hydrogen (secondary N) is 1. The van der Waals surface area contributed by atoms with Crippen molar-refractivity contribution >= 4 is 17.4 Å². The highest BCUT2D eigenvalue weighted by atomic mass is 19.1. The average molecular weight is 378 g/mol. The number of nitrogens with zero attached hydrogens (tertiary/aromatic N) is 5. The van der Waals surface area contributed by atoms with Crippen LogP contribution >= 0.6 is 0 Å². The third kappa shape index (κ3) is 3.16. The molecule has 28 heavy (non-hydrogen) atoms. The number of hydrogen-bond acceptors (Lipinski definition) is 5. The van der Waals surface area contributed by atoms with Gasteiger partial charge in [0.1, 0.15) is 5.82 Å². The highest BCUT2D eigenvalue weighted by molar-refractivity contribution is 5.90. The van der Waals surface area contributed by atoms with Crippen LogP contribution in [0.1, 0.15) is 18.2 Å². The second-order valence-electron chi connectivity index (χ2n) is 6.40. The fourth-order valence-corrected chi connectivity index (χ4v) is 3.12. The van der Waals surface area contributed by atoms with Crippen molar-refractivity contribution < 1.29 is 13.7 Å². The van der Waals surface area contributed by atoms with E-state index in [9.17, 15) is 9.18 Å². The molecule has 0 radical (unpaired) electrons. The first-order valence-electron chi connectivity index (χ1n) is 8.56. The number of hydrogen-bond donors (Lipinski definition) is 1. The summed E-state index contributed by atoms with van der Waals surface area (Å²) in [5.74, 6) is 0.227. The van der Waals surface area contributed by atoms with Gasteiger partial charge in [0.25, 0.3) is 0 Å². The molecule has 0 saturated carbocycles. The third-order valence-corrected chi connectivity index (χ3v) is 4.57. The number of amides is 2. The molecule has 8 nitrogen and oxygen atoms in total. The number of rotatable bonds is 2. The number of carbonyl (C=O) groups is 1. The van der Waals surface area contributed by atoms with E-state index in [2.05, 4.69) is 25.3 Å². The zero-order valence-electron chi connectivity index (χ0n) is 14.9. The van der Waals surface area contributed by atoms with Gasteiger partial charge in [0.2, 0.25) is 11.4 Å². The SMILES string of the molecule is [C-]#[N+]c1cc(NC(=O)N2Cc3c(noc3-c3ncccn3)CC2C)ccc1F. The molecule has 140 valence electrons. The maximum absolute atomic E-state index is 13.5. The van der Waals surface area contributed by atoms with Crippen molar-refractivity contribution in [1.29, 1.82) is 0 Å². The molecule has 0 saturated heterocycles. The minimum absolute atomic E-state index is 0.122. The fraction of sp³-hybridized carbons (Fsp3) is 0.211. The first-order valence-corrected chi connectivity index (χ1v) is 8.56. The van der Waals surface area contributed by atoms with Gasteiger partial charge in [0.15, 0.2) is 5.82 Å². The zero-order valence-corrected chi connectivity index (χ0v) is 14.9. The Morgan fingerprint density at radius 2 is 2.18 bits per heavy atom. The van der Waals surface area contributed by atoms with Gasteiger partial charge in [0.05, 0.1) is 18.8 Å². The van der Waals surface area contributed by atoms with Crippen LogP contribution in [0.5, 0.6) is 0 Å². The van der Waals surface area contributed by atoms with Crippen LogP contribution in [0.3, 0.4) is 0 Å². The van der Waals surface area contributed by atoms with Crippen molar-refractivity contribution in [3.05, 3.63) is 65.2 Å². The average Bonchev–Trinajstić information content (AvgIpc) is 3.12. The molecule has 0 fully saturated rings. The summed E-state index contributed by atoms with van der Waals surface area (Å²) in [5, 5.41) is 6.83. The number of carbonyl (C=O) groups excluding carboxylic acids is 1. The van der Waals surface area contributed by atoms with Gasteiger partial charge in [0, 0.05) is 36.1 Å². The van der Waals surface area contributed by atoms with Crippen molar-refractivity contribution in [3.63, 3.8) is 0 Å². The van der Waals surface area contributed by atoms with Crippen LogP contribution < -0.4 is 5.32 Å². The summed E-state index contributed by atoms with van der Waals surface area (Å²) < 4.78 is 18.9. The molecule has 1 unspecified atom stereocenters. The standard InChI is InChI=1S/C19H15FN6O2/c1-11-8-15-13(17(28-25-15)18-22-6-3-7-23-18)10-26(11)19(27)24-12-4-5-14(20)16(9-12)21-2/h3-7,9,11H,8,10H2,1H3,(H,24,27). The van der Waals surface area contributed by atoms with Crippen molar-refractivity contribution in [3.8, 4) is 11.6 Å². The highest BCUT2D eigenvalue weighted by Crippen LogP contribution is 2.31. The summed E-state index contributed by atoms with van der Waals surface area (Å²) >= 11 is 0. The fourth-order valence-electron chi connectivity index (χ4n) is 3.12. The number of halogens is 1. The van der Waals surface area contributed by atoms with Crippen LogP contribution in [0.2, 0.25) is 0 Å². The van der Waals surface area contributed by atoms with Gasteiger partial charge in [-0.3, -0.25) is 0 Å². The minimum Gasteiger partial charge on any atom is -0.352 e. The molecule has 2 amide bonds. The van der Waals surface area contributed by atoms with E-state index in [4.69, 9.17) is 11.1 Å². The Labute approximate surface area is 159 Å². The first-order chi connectivity index (χ1) is 13.6. The van der Waals surface area contributed by atoms with Crippen LogP contribution in [-0.4, -0.2) is 32.1 Å². The molecule has 3 aromatic rings. The summed E-state index contributed by atoms with van der Waals surface area (Å²) in [6, 6.07) is 5.11. The molecular weight excluding hydrogens is 363 g/mol. The molecule has 9 heteroatoms. The predicted molar refractivity (Wildman–Crippen MR) is 97.9 cm³/mol. The van der Waals surface area contributed by atoms with Crippen LogP contribution in [0, 0.1) is 12.4 Å². The Balaban J connectivity index is 1.58. The lowest BCUT2D eigenvalue weighted by molar-refractivity contribution is 0.182. The van der Waals surface area contributed by atoms with Gasteiger partial charge < -0.3 is 14.7 Å². The first kappa shape index (κ1) is 17.6. The van der Waals surface area contributed by atoms with Crippen LogP contribution in [-0.2, 0) is 13.0 Å². The number of anilines is 1. The topological polar surface area (TPSA) is 88.5 Å². The second-order valence-corrected chi connectivity index (χ2v) is 6.40. The van der Waals surface area contributed by atoms with Gasteiger partial charge in [-0.1, -0.05) is 5.16 Å². The van der Waals surface area contributed by atoms with E-state index in [0.717, 1.165) is 17.3 Å². The van der Waals surface area contributed by atoms with Crippen molar-refractivity contribution in [1.82, 2.24) is 20.0 Å². The predicted octanol–water partition coefficient (Wildman–Crippen LogP) is 3.80. The molecule has 1 atom stereocenters. The molecule has 1 aliphatic rings. The largest absolute Gasteiger partial charge is 0.352 e. The van der Waals surface area contributed by atoms with Crippen molar-refractivity contribution in [2.45, 2.75) is 25.9 Å². The number of urea groups is 1. The van der Waals surface area contributed by atoms with Crippen LogP contribution in [0.25, 0.3) is 16.4 Å². The number of fused-ring (bicyclic) bond motifs is 1. The summed E-state index contributed by atoms with van der Waals surface area (Å²) in [4.78, 5) is 25.9. The van der Waals surface area contributed by atoms with Gasteiger partial charge in [-0.25, -0.2) is 24.0 Å². The van der Waals surface area contributed by atoms with Crippen LogP contribution in [0.15, 0.2) is 41.2 Å². The highest BCUT2D eigenvalue weighted by Gasteiger charge is 2.32. The molecule has 0 bridgehead atoms. The molecule has 0 aliphatic carbocycles. The molecule has 3 heterocycles. The van der Waals surface area contributed by atoms with E-state index in [1.807, 2.05) is 6.92 Å². The maximum Gasteiger partial charge on any atom is 0.322 e. The number of aromatic nitrogens is 3. The maximum atomic E-state index is 13.5. The molecule has 1 aromatic carbocycles. The minimum atomic E-state index is -0.624. The molecule has 2 aromatic heterocycles. The lowest BCUT2D eigenvalue weighted by Gasteiger charge is -2.32. The number of benzene rings is 1. The Kier molecular flexibility index (Phi) is 4.45. The Morgan fingerprint density at radius 3 is 2.93 bits per heavy atom. The lowest BCUT2D eigenvalue weighted by Crippen LogP contribution is -2.44. The van der Waals surface area contributed by atoms with Crippen molar-refractivity contribution in [2.75, 3.05) is 5.32 Å². The molecule has 4 rings (SSSR count). The third-order valence-electron chi connectivity index (χ3n) is 4.57. The summed E-state index contributed by atoms with van der Waals surface area (Å²) in [6.45, 7) is 9.17. The molecule has 0 spiro atoms. The van der Waals surface area contributed by atoms with Crippen LogP contribution in [0.4, 0.5) is 20.6 Å². The monoisotopic (exact) mass is 378 g/mol. The van der Waals surface area contributed by atoms with E-state index >= 15 is 0 Å². The van der Waals surface area contributed by atoms with Crippen molar-refractivity contribution in [2.24, 2.45) is 0 Å². The summed E-state index contributed by atoms with van der Waals surface area (Å²) in [5.41, 5.74) is 1.75.